The van der Waals surface area contributed by atoms with Crippen LogP contribution in [-0.2, 0) is 4.79 Å². The summed E-state index contributed by atoms with van der Waals surface area (Å²) < 4.78 is 0. The molecule has 0 bridgehead atoms. The van der Waals surface area contributed by atoms with E-state index in [0.717, 1.165) is 32.1 Å². The summed E-state index contributed by atoms with van der Waals surface area (Å²) in [6, 6.07) is -0.712. The minimum Gasteiger partial charge on any atom is -0.394 e. The van der Waals surface area contributed by atoms with Crippen molar-refractivity contribution in [2.24, 2.45) is 5.73 Å². The summed E-state index contributed by atoms with van der Waals surface area (Å²) >= 11 is 0. The van der Waals surface area contributed by atoms with Crippen LogP contribution in [0.1, 0.15) is 71.1 Å². The molecule has 0 saturated heterocycles. The van der Waals surface area contributed by atoms with Crippen molar-refractivity contribution in [3.8, 4) is 0 Å². The predicted molar refractivity (Wildman–Crippen MR) is 108 cm³/mol. The molecule has 0 amide bonds. The van der Waals surface area contributed by atoms with Gasteiger partial charge in [-0.15, -0.1) is 0 Å². The zero-order valence-corrected chi connectivity index (χ0v) is 15.9. The lowest BCUT2D eigenvalue weighted by molar-refractivity contribution is -0.121. The van der Waals surface area contributed by atoms with Gasteiger partial charge in [-0.1, -0.05) is 68.4 Å². The van der Waals surface area contributed by atoms with E-state index in [-0.39, 0.29) is 12.4 Å². The fourth-order valence-electron chi connectivity index (χ4n) is 2.24. The van der Waals surface area contributed by atoms with E-state index in [9.17, 15) is 4.79 Å². The van der Waals surface area contributed by atoms with Gasteiger partial charge in [0.05, 0.1) is 12.6 Å². The first-order chi connectivity index (χ1) is 12.2. The number of ketones is 1. The molecule has 3 heteroatoms. The van der Waals surface area contributed by atoms with E-state index in [1.807, 2.05) is 0 Å². The van der Waals surface area contributed by atoms with Crippen LogP contribution in [0.3, 0.4) is 0 Å². The van der Waals surface area contributed by atoms with Crippen molar-refractivity contribution in [3.63, 3.8) is 0 Å². The van der Waals surface area contributed by atoms with Crippen LogP contribution in [0.15, 0.2) is 48.6 Å². The van der Waals surface area contributed by atoms with Crippen molar-refractivity contribution in [1.82, 2.24) is 0 Å². The lowest BCUT2D eigenvalue weighted by Crippen LogP contribution is -2.33. The van der Waals surface area contributed by atoms with Crippen LogP contribution in [0.5, 0.6) is 0 Å². The summed E-state index contributed by atoms with van der Waals surface area (Å²) in [4.78, 5) is 11.4. The molecule has 142 valence electrons. The molecule has 0 rings (SSSR count). The van der Waals surface area contributed by atoms with E-state index in [0.29, 0.717) is 6.42 Å². The predicted octanol–water partition coefficient (Wildman–Crippen LogP) is 5.02. The average molecular weight is 348 g/mol. The third-order valence-corrected chi connectivity index (χ3v) is 3.86. The third kappa shape index (κ3) is 17.2. The molecule has 1 unspecified atom stereocenters. The fraction of sp³-hybridized carbons (Fsp3) is 0.591. The number of carbonyl (C=O) groups is 1. The summed E-state index contributed by atoms with van der Waals surface area (Å²) in [5, 5.41) is 8.77. The Bertz CT molecular complexity index is 422. The van der Waals surface area contributed by atoms with Gasteiger partial charge in [-0.3, -0.25) is 4.79 Å². The number of Topliss-reactive ketones (excluding diaryl/α,β-unsaturated/α-hetero) is 1. The number of aliphatic hydroxyl groups excluding tert-OH is 1. The second-order valence-electron chi connectivity index (χ2n) is 6.24. The lowest BCUT2D eigenvalue weighted by Gasteiger charge is -2.05. The molecule has 0 radical (unpaired) electrons. The van der Waals surface area contributed by atoms with Crippen molar-refractivity contribution in [1.29, 1.82) is 0 Å². The zero-order chi connectivity index (χ0) is 18.6. The standard InChI is InChI=1S/C22H37NO2/c1-2-3-4-5-6-7-8-9-10-11-12-13-14-15-16-17-18-19-22(25)21(23)20-24/h6-7,9-10,12-13,15-16,21,24H,2-5,8,11,14,17-20,23H2,1H3/b7-6-,10-9-,13-12-,16-15-. The maximum Gasteiger partial charge on any atom is 0.151 e. The molecular formula is C22H37NO2. The monoisotopic (exact) mass is 347 g/mol. The number of unbranched alkanes of at least 4 members (excludes halogenated alkanes) is 4. The smallest absolute Gasteiger partial charge is 0.151 e. The Labute approximate surface area is 154 Å². The van der Waals surface area contributed by atoms with Crippen molar-refractivity contribution >= 4 is 5.78 Å². The Balaban J connectivity index is 3.50. The molecule has 0 aromatic rings. The van der Waals surface area contributed by atoms with Crippen LogP contribution < -0.4 is 5.73 Å². The van der Waals surface area contributed by atoms with Gasteiger partial charge in [0.15, 0.2) is 5.78 Å². The SMILES string of the molecule is CCCCC/C=C\C/C=C\C/C=C\C/C=C\CCCC(=O)C(N)CO. The first-order valence-electron chi connectivity index (χ1n) is 9.71. The van der Waals surface area contributed by atoms with Gasteiger partial charge in [0.25, 0.3) is 0 Å². The summed E-state index contributed by atoms with van der Waals surface area (Å²) in [7, 11) is 0. The van der Waals surface area contributed by atoms with E-state index >= 15 is 0 Å². The maximum absolute atomic E-state index is 11.4. The molecule has 3 N–H and O–H groups in total. The van der Waals surface area contributed by atoms with Gasteiger partial charge in [-0.05, 0) is 44.9 Å². The molecule has 0 saturated carbocycles. The van der Waals surface area contributed by atoms with Gasteiger partial charge in [-0.25, -0.2) is 0 Å². The van der Waals surface area contributed by atoms with E-state index < -0.39 is 6.04 Å². The van der Waals surface area contributed by atoms with Crippen molar-refractivity contribution in [3.05, 3.63) is 48.6 Å². The molecular weight excluding hydrogens is 310 g/mol. The van der Waals surface area contributed by atoms with Crippen LogP contribution in [-0.4, -0.2) is 23.5 Å². The van der Waals surface area contributed by atoms with Crippen molar-refractivity contribution in [2.75, 3.05) is 6.61 Å². The van der Waals surface area contributed by atoms with Gasteiger partial charge in [0.1, 0.15) is 0 Å². The molecule has 3 nitrogen and oxygen atoms in total. The van der Waals surface area contributed by atoms with Crippen LogP contribution in [0.25, 0.3) is 0 Å². The van der Waals surface area contributed by atoms with E-state index in [1.165, 1.54) is 25.7 Å². The van der Waals surface area contributed by atoms with Crippen molar-refractivity contribution < 1.29 is 9.90 Å². The topological polar surface area (TPSA) is 63.3 Å². The number of carbonyl (C=O) groups excluding carboxylic acids is 1. The van der Waals surface area contributed by atoms with Crippen molar-refractivity contribution in [2.45, 2.75) is 77.2 Å². The van der Waals surface area contributed by atoms with Gasteiger partial charge >= 0.3 is 0 Å². The van der Waals surface area contributed by atoms with E-state index in [1.54, 1.807) is 0 Å². The Morgan fingerprint density at radius 3 is 1.80 bits per heavy atom. The molecule has 0 aliphatic heterocycles. The summed E-state index contributed by atoms with van der Waals surface area (Å²) in [6.07, 6.45) is 27.7. The number of aliphatic hydroxyl groups is 1. The van der Waals surface area contributed by atoms with Gasteiger partial charge in [-0.2, -0.15) is 0 Å². The largest absolute Gasteiger partial charge is 0.394 e. The third-order valence-electron chi connectivity index (χ3n) is 3.86. The number of allylic oxidation sites excluding steroid dienone is 8. The highest BCUT2D eigenvalue weighted by atomic mass is 16.3. The lowest BCUT2D eigenvalue weighted by atomic mass is 10.1. The first kappa shape index (κ1) is 23.5. The molecule has 0 spiro atoms. The molecule has 0 aliphatic carbocycles. The second-order valence-corrected chi connectivity index (χ2v) is 6.24. The second kappa shape index (κ2) is 18.9. The molecule has 1 atom stereocenters. The Kier molecular flexibility index (Phi) is 17.8. The fourth-order valence-corrected chi connectivity index (χ4v) is 2.24. The highest BCUT2D eigenvalue weighted by molar-refractivity contribution is 5.83. The molecule has 0 aliphatic rings. The van der Waals surface area contributed by atoms with E-state index in [4.69, 9.17) is 10.8 Å². The van der Waals surface area contributed by atoms with Crippen LogP contribution in [0.2, 0.25) is 0 Å². The summed E-state index contributed by atoms with van der Waals surface area (Å²) in [6.45, 7) is 1.97. The summed E-state index contributed by atoms with van der Waals surface area (Å²) in [5.74, 6) is -0.0570. The van der Waals surface area contributed by atoms with Crippen LogP contribution in [0.4, 0.5) is 0 Å². The van der Waals surface area contributed by atoms with Gasteiger partial charge < -0.3 is 10.8 Å². The molecule has 0 aromatic carbocycles. The quantitative estimate of drug-likeness (QED) is 0.304. The van der Waals surface area contributed by atoms with E-state index in [2.05, 4.69) is 55.5 Å². The average Bonchev–Trinajstić information content (AvgIpc) is 2.63. The number of hydrogen-bond donors (Lipinski definition) is 2. The number of nitrogens with two attached hydrogens (primary N) is 1. The Morgan fingerprint density at radius 2 is 1.32 bits per heavy atom. The number of rotatable bonds is 16. The number of hydrogen-bond acceptors (Lipinski definition) is 3. The van der Waals surface area contributed by atoms with Crippen LogP contribution in [0, 0.1) is 0 Å². The molecule has 0 aromatic heterocycles. The van der Waals surface area contributed by atoms with Gasteiger partial charge in [0.2, 0.25) is 0 Å². The summed E-state index contributed by atoms with van der Waals surface area (Å²) in [5.41, 5.74) is 5.45. The Hall–Kier alpha value is -1.45. The Morgan fingerprint density at radius 1 is 0.840 bits per heavy atom. The molecule has 25 heavy (non-hydrogen) atoms. The minimum atomic E-state index is -0.712. The zero-order valence-electron chi connectivity index (χ0n) is 15.9. The highest BCUT2D eigenvalue weighted by Gasteiger charge is 2.10. The minimum absolute atomic E-state index is 0.0570. The maximum atomic E-state index is 11.4. The molecule has 0 fully saturated rings. The molecule has 0 heterocycles. The highest BCUT2D eigenvalue weighted by Crippen LogP contribution is 2.02. The first-order valence-corrected chi connectivity index (χ1v) is 9.71. The van der Waals surface area contributed by atoms with Gasteiger partial charge in [0, 0.05) is 6.42 Å². The normalized spacial score (nSPS) is 13.7. The van der Waals surface area contributed by atoms with Crippen LogP contribution >= 0.6 is 0 Å².